The number of carboxylic acids is 1. The Labute approximate surface area is 168 Å². The second-order valence-corrected chi connectivity index (χ2v) is 7.67. The Morgan fingerprint density at radius 1 is 1.21 bits per heavy atom. The van der Waals surface area contributed by atoms with Crippen LogP contribution >= 0.6 is 0 Å². The van der Waals surface area contributed by atoms with Crippen LogP contribution in [-0.4, -0.2) is 22.0 Å². The summed E-state index contributed by atoms with van der Waals surface area (Å²) >= 11 is 0. The number of nitrogens with two attached hydrogens (primary N) is 1. The monoisotopic (exact) mass is 390 g/mol. The van der Waals surface area contributed by atoms with Crippen LogP contribution in [0.1, 0.15) is 23.2 Å². The number of aromatic nitrogens is 1. The number of para-hydroxylation sites is 1. The summed E-state index contributed by atoms with van der Waals surface area (Å²) in [7, 11) is 0. The van der Waals surface area contributed by atoms with E-state index in [2.05, 4.69) is 4.98 Å². The molecule has 29 heavy (non-hydrogen) atoms. The topological polar surface area (TPSA) is 103 Å². The van der Waals surface area contributed by atoms with E-state index in [-0.39, 0.29) is 6.42 Å². The van der Waals surface area contributed by atoms with E-state index >= 15 is 0 Å². The number of aryl methyl sites for hydroxylation is 1. The zero-order valence-electron chi connectivity index (χ0n) is 16.1. The Morgan fingerprint density at radius 3 is 2.59 bits per heavy atom. The Morgan fingerprint density at radius 2 is 1.93 bits per heavy atom. The van der Waals surface area contributed by atoms with Crippen LogP contribution in [0.15, 0.2) is 54.6 Å². The van der Waals surface area contributed by atoms with Gasteiger partial charge in [-0.3, -0.25) is 14.6 Å². The largest absolute Gasteiger partial charge is 0.489 e. The highest BCUT2D eigenvalue weighted by Gasteiger charge is 2.63. The Bertz CT molecular complexity index is 1090. The zero-order chi connectivity index (χ0) is 20.6. The van der Waals surface area contributed by atoms with Crippen LogP contribution in [0.2, 0.25) is 0 Å². The molecule has 1 saturated carbocycles. The van der Waals surface area contributed by atoms with E-state index in [9.17, 15) is 14.7 Å². The molecule has 148 valence electrons. The van der Waals surface area contributed by atoms with Crippen LogP contribution in [-0.2, 0) is 22.6 Å². The number of hydrogen-bond acceptors (Lipinski definition) is 4. The molecule has 1 heterocycles. The molecule has 0 saturated heterocycles. The maximum absolute atomic E-state index is 11.6. The van der Waals surface area contributed by atoms with Crippen molar-refractivity contribution in [1.82, 2.24) is 4.98 Å². The van der Waals surface area contributed by atoms with E-state index < -0.39 is 23.2 Å². The number of fused-ring (bicyclic) bond motifs is 1. The third-order valence-electron chi connectivity index (χ3n) is 5.61. The van der Waals surface area contributed by atoms with Gasteiger partial charge in [-0.25, -0.2) is 0 Å². The van der Waals surface area contributed by atoms with Gasteiger partial charge in [-0.05, 0) is 49.6 Å². The minimum atomic E-state index is -1.07. The molecule has 0 radical (unpaired) electrons. The molecule has 1 aromatic heterocycles. The highest BCUT2D eigenvalue weighted by molar-refractivity contribution is 5.92. The summed E-state index contributed by atoms with van der Waals surface area (Å²) in [6.45, 7) is 2.37. The first kappa shape index (κ1) is 18.9. The molecule has 1 aliphatic rings. The summed E-state index contributed by atoms with van der Waals surface area (Å²) < 4.78 is 5.94. The van der Waals surface area contributed by atoms with Crippen LogP contribution in [0, 0.1) is 18.3 Å². The number of pyridine rings is 1. The molecule has 0 aliphatic heterocycles. The van der Waals surface area contributed by atoms with Gasteiger partial charge in [0.25, 0.3) is 0 Å². The summed E-state index contributed by atoms with van der Waals surface area (Å²) in [5, 5.41) is 10.6. The standard InChI is InChI=1S/C23H22N2O4/c1-14-10-16(18-4-2-3-5-20(18)25-14)13-29-17-8-6-15(7-9-17)11-23(22(27)28)12-19(23)21(24)26/h2-10,19H,11-13H2,1H3,(H2,24,26)(H,27,28)/t19-,23+/m1/s1. The number of aliphatic carboxylic acids is 1. The molecule has 1 fully saturated rings. The van der Waals surface area contributed by atoms with Gasteiger partial charge in [0, 0.05) is 16.6 Å². The van der Waals surface area contributed by atoms with Crippen molar-refractivity contribution in [2.24, 2.45) is 17.1 Å². The number of benzene rings is 2. The molecule has 1 aliphatic carbocycles. The third-order valence-corrected chi connectivity index (χ3v) is 5.61. The maximum Gasteiger partial charge on any atom is 0.310 e. The van der Waals surface area contributed by atoms with Gasteiger partial charge in [-0.1, -0.05) is 30.3 Å². The fraction of sp³-hybridized carbons (Fsp3) is 0.261. The summed E-state index contributed by atoms with van der Waals surface area (Å²) in [4.78, 5) is 27.6. The number of nitrogens with zero attached hydrogens (tertiary/aromatic N) is 1. The lowest BCUT2D eigenvalue weighted by atomic mass is 9.93. The van der Waals surface area contributed by atoms with E-state index in [0.717, 1.165) is 27.7 Å². The molecular formula is C23H22N2O4. The molecule has 3 N–H and O–H groups in total. The number of rotatable bonds is 7. The first-order valence-corrected chi connectivity index (χ1v) is 9.49. The fourth-order valence-electron chi connectivity index (χ4n) is 3.93. The minimum Gasteiger partial charge on any atom is -0.489 e. The van der Waals surface area contributed by atoms with Gasteiger partial charge in [-0.2, -0.15) is 0 Å². The summed E-state index contributed by atoms with van der Waals surface area (Å²) in [5.41, 5.74) is 8.01. The van der Waals surface area contributed by atoms with Crippen molar-refractivity contribution in [3.05, 3.63) is 71.4 Å². The van der Waals surface area contributed by atoms with Crippen LogP contribution in [0.5, 0.6) is 5.75 Å². The van der Waals surface area contributed by atoms with Gasteiger partial charge < -0.3 is 15.6 Å². The molecule has 2 atom stereocenters. The van der Waals surface area contributed by atoms with Crippen LogP contribution in [0.25, 0.3) is 10.9 Å². The van der Waals surface area contributed by atoms with Crippen LogP contribution in [0.4, 0.5) is 0 Å². The molecule has 1 amide bonds. The fourth-order valence-corrected chi connectivity index (χ4v) is 3.93. The molecule has 3 aromatic rings. The molecule has 0 spiro atoms. The third kappa shape index (κ3) is 3.66. The summed E-state index contributed by atoms with van der Waals surface area (Å²) in [5.74, 6) is -1.42. The second kappa shape index (κ2) is 7.20. The lowest BCUT2D eigenvalue weighted by Crippen LogP contribution is -2.26. The van der Waals surface area contributed by atoms with Gasteiger partial charge in [0.15, 0.2) is 0 Å². The Hall–Kier alpha value is -3.41. The van der Waals surface area contributed by atoms with Gasteiger partial charge in [0.1, 0.15) is 12.4 Å². The number of ether oxygens (including phenoxy) is 1. The highest BCUT2D eigenvalue weighted by Crippen LogP contribution is 2.54. The predicted octanol–water partition coefficient (Wildman–Crippen LogP) is 3.24. The Kier molecular flexibility index (Phi) is 4.70. The van der Waals surface area contributed by atoms with Crippen LogP contribution < -0.4 is 10.5 Å². The second-order valence-electron chi connectivity index (χ2n) is 7.67. The van der Waals surface area contributed by atoms with Gasteiger partial charge in [0.2, 0.25) is 5.91 Å². The Balaban J connectivity index is 1.46. The van der Waals surface area contributed by atoms with Crippen molar-refractivity contribution < 1.29 is 19.4 Å². The van der Waals surface area contributed by atoms with E-state index in [4.69, 9.17) is 10.5 Å². The molecule has 0 unspecified atom stereocenters. The van der Waals surface area contributed by atoms with Crippen molar-refractivity contribution in [2.45, 2.75) is 26.4 Å². The van der Waals surface area contributed by atoms with Crippen molar-refractivity contribution >= 4 is 22.8 Å². The number of carbonyl (C=O) groups is 2. The molecule has 0 bridgehead atoms. The average Bonchev–Trinajstić information content (AvgIpc) is 3.43. The molecule has 4 rings (SSSR count). The number of carbonyl (C=O) groups excluding carboxylic acids is 1. The zero-order valence-corrected chi connectivity index (χ0v) is 16.1. The number of amides is 1. The van der Waals surface area contributed by atoms with Crippen molar-refractivity contribution in [3.8, 4) is 5.75 Å². The molecule has 6 nitrogen and oxygen atoms in total. The average molecular weight is 390 g/mol. The lowest BCUT2D eigenvalue weighted by Gasteiger charge is -2.13. The van der Waals surface area contributed by atoms with E-state index in [0.29, 0.717) is 18.8 Å². The lowest BCUT2D eigenvalue weighted by molar-refractivity contribution is -0.145. The van der Waals surface area contributed by atoms with E-state index in [1.807, 2.05) is 61.5 Å². The molecule has 6 heteroatoms. The molecule has 2 aromatic carbocycles. The van der Waals surface area contributed by atoms with E-state index in [1.54, 1.807) is 0 Å². The number of hydrogen-bond donors (Lipinski definition) is 2. The van der Waals surface area contributed by atoms with Crippen molar-refractivity contribution in [3.63, 3.8) is 0 Å². The van der Waals surface area contributed by atoms with Gasteiger partial charge in [-0.15, -0.1) is 0 Å². The summed E-state index contributed by atoms with van der Waals surface area (Å²) in [6.07, 6.45) is 0.578. The number of primary amides is 1. The van der Waals surface area contributed by atoms with Gasteiger partial charge >= 0.3 is 5.97 Å². The van der Waals surface area contributed by atoms with Crippen molar-refractivity contribution in [2.75, 3.05) is 0 Å². The van der Waals surface area contributed by atoms with E-state index in [1.165, 1.54) is 0 Å². The first-order valence-electron chi connectivity index (χ1n) is 9.49. The predicted molar refractivity (Wildman–Crippen MR) is 108 cm³/mol. The quantitative estimate of drug-likeness (QED) is 0.645. The first-order chi connectivity index (χ1) is 13.9. The SMILES string of the molecule is Cc1cc(COc2ccc(C[C@]3(C(=O)O)C[C@@H]3C(N)=O)cc2)c2ccccc2n1. The van der Waals surface area contributed by atoms with Gasteiger partial charge in [0.05, 0.1) is 16.8 Å². The smallest absolute Gasteiger partial charge is 0.310 e. The molecular weight excluding hydrogens is 368 g/mol. The number of carboxylic acid groups (broad SMARTS) is 1. The minimum absolute atomic E-state index is 0.282. The summed E-state index contributed by atoms with van der Waals surface area (Å²) in [6, 6.07) is 17.3. The van der Waals surface area contributed by atoms with Crippen LogP contribution in [0.3, 0.4) is 0 Å². The van der Waals surface area contributed by atoms with Crippen molar-refractivity contribution in [1.29, 1.82) is 0 Å². The highest BCUT2D eigenvalue weighted by atomic mass is 16.5. The maximum atomic E-state index is 11.6. The normalized spacial score (nSPS) is 20.4.